The largest absolute Gasteiger partial charge is 0.240 e. The molecule has 4 heteroatoms. The molecule has 0 unspecified atom stereocenters. The quantitative estimate of drug-likeness (QED) is 0.620. The Morgan fingerprint density at radius 3 is 2.65 bits per heavy atom. The van der Waals surface area contributed by atoms with Crippen molar-refractivity contribution in [1.82, 2.24) is 9.97 Å². The van der Waals surface area contributed by atoms with Crippen LogP contribution in [0.25, 0.3) is 0 Å². The van der Waals surface area contributed by atoms with E-state index in [1.54, 1.807) is 18.0 Å². The zero-order chi connectivity index (χ0) is 12.1. The molecule has 0 aliphatic carbocycles. The summed E-state index contributed by atoms with van der Waals surface area (Å²) in [6, 6.07) is 10.3. The third kappa shape index (κ3) is 3.72. The summed E-state index contributed by atoms with van der Waals surface area (Å²) in [6.45, 7) is 2.08. The lowest BCUT2D eigenvalue weighted by molar-refractivity contribution is 0.986. The molecule has 0 bridgehead atoms. The first-order chi connectivity index (χ1) is 8.28. The number of aryl methyl sites for hydroxylation is 1. The van der Waals surface area contributed by atoms with Crippen molar-refractivity contribution < 1.29 is 0 Å². The average molecular weight is 265 g/mol. The molecule has 2 rings (SSSR count). The molecular weight excluding hydrogens is 252 g/mol. The Balaban J connectivity index is 1.99. The van der Waals surface area contributed by atoms with Crippen LogP contribution in [0.4, 0.5) is 0 Å². The van der Waals surface area contributed by atoms with Gasteiger partial charge in [0.2, 0.25) is 0 Å². The zero-order valence-electron chi connectivity index (χ0n) is 9.56. The number of alkyl halides is 1. The van der Waals surface area contributed by atoms with Crippen LogP contribution in [0.15, 0.2) is 41.4 Å². The van der Waals surface area contributed by atoms with Gasteiger partial charge in [-0.3, -0.25) is 0 Å². The van der Waals surface area contributed by atoms with Crippen molar-refractivity contribution in [2.45, 2.75) is 23.5 Å². The van der Waals surface area contributed by atoms with Crippen LogP contribution in [0.1, 0.15) is 17.1 Å². The topological polar surface area (TPSA) is 25.8 Å². The zero-order valence-corrected chi connectivity index (χ0v) is 11.1. The number of hydrogen-bond acceptors (Lipinski definition) is 3. The first-order valence-electron chi connectivity index (χ1n) is 5.34. The fraction of sp³-hybridized carbons (Fsp3) is 0.231. The van der Waals surface area contributed by atoms with Crippen molar-refractivity contribution in [3.63, 3.8) is 0 Å². The fourth-order valence-corrected chi connectivity index (χ4v) is 2.28. The fourth-order valence-electron chi connectivity index (χ4n) is 1.37. The molecule has 0 spiro atoms. The third-order valence-corrected chi connectivity index (χ3v) is 3.57. The van der Waals surface area contributed by atoms with Crippen LogP contribution in [-0.4, -0.2) is 9.97 Å². The van der Waals surface area contributed by atoms with Gasteiger partial charge in [0.15, 0.2) is 0 Å². The highest BCUT2D eigenvalue weighted by atomic mass is 35.5. The van der Waals surface area contributed by atoms with E-state index in [0.717, 1.165) is 17.3 Å². The van der Waals surface area contributed by atoms with E-state index in [4.69, 9.17) is 11.6 Å². The van der Waals surface area contributed by atoms with Crippen molar-refractivity contribution in [3.8, 4) is 0 Å². The normalized spacial score (nSPS) is 10.5. The van der Waals surface area contributed by atoms with Gasteiger partial charge in [-0.25, -0.2) is 9.97 Å². The van der Waals surface area contributed by atoms with Crippen molar-refractivity contribution in [2.75, 3.05) is 0 Å². The van der Waals surface area contributed by atoms with Crippen molar-refractivity contribution in [2.24, 2.45) is 0 Å². The van der Waals surface area contributed by atoms with Crippen LogP contribution in [-0.2, 0) is 11.6 Å². The van der Waals surface area contributed by atoms with E-state index in [1.165, 1.54) is 10.5 Å². The first kappa shape index (κ1) is 12.4. The highest BCUT2D eigenvalue weighted by molar-refractivity contribution is 7.98. The number of nitrogens with zero attached hydrogens (tertiary/aromatic N) is 2. The number of aromatic nitrogens is 2. The van der Waals surface area contributed by atoms with Crippen LogP contribution < -0.4 is 0 Å². The molecule has 0 fully saturated rings. The Hall–Kier alpha value is -1.06. The Morgan fingerprint density at radius 2 is 1.94 bits per heavy atom. The maximum atomic E-state index is 5.74. The van der Waals surface area contributed by atoms with Gasteiger partial charge in [-0.1, -0.05) is 17.7 Å². The van der Waals surface area contributed by atoms with Gasteiger partial charge in [0.25, 0.3) is 0 Å². The molecule has 1 aromatic carbocycles. The molecule has 0 amide bonds. The van der Waals surface area contributed by atoms with E-state index in [2.05, 4.69) is 41.2 Å². The van der Waals surface area contributed by atoms with Gasteiger partial charge in [-0.05, 0) is 25.1 Å². The third-order valence-electron chi connectivity index (χ3n) is 2.29. The second kappa shape index (κ2) is 6.03. The standard InChI is InChI=1S/C13H13ClN2S/c1-10-2-4-12(5-3-10)17-9-13-15-7-6-11(8-14)16-13/h2-7H,8-9H2,1H3. The van der Waals surface area contributed by atoms with Gasteiger partial charge < -0.3 is 0 Å². The van der Waals surface area contributed by atoms with Crippen LogP contribution in [0.5, 0.6) is 0 Å². The van der Waals surface area contributed by atoms with Gasteiger partial charge in [-0.2, -0.15) is 0 Å². The number of benzene rings is 1. The van der Waals surface area contributed by atoms with Crippen LogP contribution in [0, 0.1) is 6.92 Å². The molecule has 0 radical (unpaired) electrons. The molecule has 1 heterocycles. The molecule has 2 nitrogen and oxygen atoms in total. The molecule has 88 valence electrons. The smallest absolute Gasteiger partial charge is 0.138 e. The van der Waals surface area contributed by atoms with E-state index in [0.29, 0.717) is 5.88 Å². The molecule has 0 aliphatic heterocycles. The van der Waals surface area contributed by atoms with Crippen LogP contribution >= 0.6 is 23.4 Å². The van der Waals surface area contributed by atoms with Crippen molar-refractivity contribution in [1.29, 1.82) is 0 Å². The van der Waals surface area contributed by atoms with E-state index >= 15 is 0 Å². The summed E-state index contributed by atoms with van der Waals surface area (Å²) in [7, 11) is 0. The second-order valence-corrected chi connectivity index (χ2v) is 5.02. The molecular formula is C13H13ClN2S. The summed E-state index contributed by atoms with van der Waals surface area (Å²) in [4.78, 5) is 9.82. The minimum absolute atomic E-state index is 0.435. The van der Waals surface area contributed by atoms with E-state index < -0.39 is 0 Å². The summed E-state index contributed by atoms with van der Waals surface area (Å²) in [5.41, 5.74) is 2.15. The molecule has 17 heavy (non-hydrogen) atoms. The molecule has 0 saturated heterocycles. The highest BCUT2D eigenvalue weighted by Crippen LogP contribution is 2.21. The summed E-state index contributed by atoms with van der Waals surface area (Å²) in [5, 5.41) is 0. The Labute approximate surface area is 110 Å². The van der Waals surface area contributed by atoms with E-state index in [9.17, 15) is 0 Å². The van der Waals surface area contributed by atoms with Gasteiger partial charge in [-0.15, -0.1) is 23.4 Å². The second-order valence-electron chi connectivity index (χ2n) is 3.70. The minimum Gasteiger partial charge on any atom is -0.240 e. The van der Waals surface area contributed by atoms with Crippen molar-refractivity contribution >= 4 is 23.4 Å². The summed E-state index contributed by atoms with van der Waals surface area (Å²) >= 11 is 7.47. The lowest BCUT2D eigenvalue weighted by Crippen LogP contribution is -1.95. The molecule has 0 N–H and O–H groups in total. The Bertz CT molecular complexity index is 485. The minimum atomic E-state index is 0.435. The number of rotatable bonds is 4. The van der Waals surface area contributed by atoms with E-state index in [1.807, 2.05) is 6.07 Å². The predicted molar refractivity (Wildman–Crippen MR) is 72.3 cm³/mol. The maximum absolute atomic E-state index is 5.74. The van der Waals surface area contributed by atoms with Gasteiger partial charge >= 0.3 is 0 Å². The van der Waals surface area contributed by atoms with Gasteiger partial charge in [0.1, 0.15) is 5.82 Å². The lowest BCUT2D eigenvalue weighted by Gasteiger charge is -2.02. The SMILES string of the molecule is Cc1ccc(SCc2nccc(CCl)n2)cc1. The molecule has 0 saturated carbocycles. The monoisotopic (exact) mass is 264 g/mol. The lowest BCUT2D eigenvalue weighted by atomic mass is 10.2. The van der Waals surface area contributed by atoms with E-state index in [-0.39, 0.29) is 0 Å². The average Bonchev–Trinajstić information content (AvgIpc) is 2.38. The summed E-state index contributed by atoms with van der Waals surface area (Å²) in [6.07, 6.45) is 1.76. The summed E-state index contributed by atoms with van der Waals surface area (Å²) < 4.78 is 0. The highest BCUT2D eigenvalue weighted by Gasteiger charge is 2.00. The van der Waals surface area contributed by atoms with Crippen LogP contribution in [0.3, 0.4) is 0 Å². The van der Waals surface area contributed by atoms with Crippen LogP contribution in [0.2, 0.25) is 0 Å². The summed E-state index contributed by atoms with van der Waals surface area (Å²) in [5.74, 6) is 2.03. The Morgan fingerprint density at radius 1 is 1.18 bits per heavy atom. The first-order valence-corrected chi connectivity index (χ1v) is 6.86. The van der Waals surface area contributed by atoms with Gasteiger partial charge in [0.05, 0.1) is 17.3 Å². The number of thioether (sulfide) groups is 1. The molecule has 0 aliphatic rings. The maximum Gasteiger partial charge on any atom is 0.138 e. The van der Waals surface area contributed by atoms with Gasteiger partial charge in [0, 0.05) is 11.1 Å². The van der Waals surface area contributed by atoms with Crippen molar-refractivity contribution in [3.05, 3.63) is 53.6 Å². The molecule has 0 atom stereocenters. The predicted octanol–water partition coefficient (Wildman–Crippen LogP) is 3.82. The molecule has 1 aromatic heterocycles. The molecule has 2 aromatic rings. The Kier molecular flexibility index (Phi) is 4.40. The number of halogens is 1. The number of hydrogen-bond donors (Lipinski definition) is 0.